The van der Waals surface area contributed by atoms with Crippen molar-refractivity contribution < 1.29 is 22.3 Å². The Morgan fingerprint density at radius 2 is 1.92 bits per heavy atom. The third-order valence-electron chi connectivity index (χ3n) is 7.75. The first-order valence-corrected chi connectivity index (χ1v) is 14.9. The summed E-state index contributed by atoms with van der Waals surface area (Å²) in [7, 11) is -3.22. The van der Waals surface area contributed by atoms with Crippen LogP contribution >= 0.6 is 0 Å². The zero-order chi connectivity index (χ0) is 26.9. The predicted molar refractivity (Wildman–Crippen MR) is 146 cm³/mol. The van der Waals surface area contributed by atoms with E-state index in [1.54, 1.807) is 17.3 Å². The van der Waals surface area contributed by atoms with Gasteiger partial charge in [-0.25, -0.2) is 17.1 Å². The van der Waals surface area contributed by atoms with Crippen molar-refractivity contribution >= 4 is 26.8 Å². The van der Waals surface area contributed by atoms with Gasteiger partial charge in [-0.15, -0.1) is 0 Å². The largest absolute Gasteiger partial charge is 0.377 e. The number of fused-ring (bicyclic) bond motifs is 1. The number of carbonyl (C=O) groups excluding carboxylic acids is 1. The molecule has 0 spiro atoms. The molecule has 3 heterocycles. The smallest absolute Gasteiger partial charge is 0.250 e. The van der Waals surface area contributed by atoms with Gasteiger partial charge in [0.25, 0.3) is 5.91 Å². The van der Waals surface area contributed by atoms with Crippen molar-refractivity contribution in [3.63, 3.8) is 0 Å². The number of benzene rings is 2. The number of nitrogens with two attached hydrogens (primary N) is 1. The van der Waals surface area contributed by atoms with Gasteiger partial charge in [0.15, 0.2) is 0 Å². The van der Waals surface area contributed by atoms with E-state index in [4.69, 9.17) is 10.5 Å². The van der Waals surface area contributed by atoms with Crippen molar-refractivity contribution in [2.75, 3.05) is 32.0 Å². The quantitative estimate of drug-likeness (QED) is 0.380. The fraction of sp³-hybridized carbons (Fsp3) is 0.464. The van der Waals surface area contributed by atoms with E-state index in [9.17, 15) is 17.6 Å². The van der Waals surface area contributed by atoms with Gasteiger partial charge in [-0.3, -0.25) is 4.79 Å². The molecule has 1 amide bonds. The van der Waals surface area contributed by atoms with Crippen LogP contribution in [-0.2, 0) is 21.3 Å². The fourth-order valence-corrected chi connectivity index (χ4v) is 6.81. The number of H-pyrrole nitrogens is 1. The van der Waals surface area contributed by atoms with Crippen LogP contribution in [0.3, 0.4) is 0 Å². The Bertz CT molecular complexity index is 1420. The molecule has 5 rings (SSSR count). The van der Waals surface area contributed by atoms with Crippen LogP contribution in [0.1, 0.15) is 60.0 Å². The monoisotopic (exact) mass is 542 g/mol. The molecular weight excluding hydrogens is 507 g/mol. The third-order valence-corrected chi connectivity index (χ3v) is 9.64. The Labute approximate surface area is 222 Å². The van der Waals surface area contributed by atoms with Gasteiger partial charge in [-0.2, -0.15) is 0 Å². The van der Waals surface area contributed by atoms with Crippen LogP contribution in [-0.4, -0.2) is 61.7 Å². The molecule has 3 aromatic rings. The van der Waals surface area contributed by atoms with Crippen molar-refractivity contribution in [3.8, 4) is 11.1 Å². The molecule has 1 aromatic heterocycles. The van der Waals surface area contributed by atoms with Crippen LogP contribution in [0.5, 0.6) is 0 Å². The molecule has 204 valence electrons. The van der Waals surface area contributed by atoms with E-state index in [-0.39, 0.29) is 23.6 Å². The lowest BCUT2D eigenvalue weighted by atomic mass is 9.88. The zero-order valence-corrected chi connectivity index (χ0v) is 22.5. The van der Waals surface area contributed by atoms with Crippen molar-refractivity contribution in [1.29, 1.82) is 0 Å². The summed E-state index contributed by atoms with van der Waals surface area (Å²) in [4.78, 5) is 15.6. The summed E-state index contributed by atoms with van der Waals surface area (Å²) in [6, 6.07) is 8.59. The average Bonchev–Trinajstić information content (AvgIpc) is 3.58. The van der Waals surface area contributed by atoms with Crippen molar-refractivity contribution in [1.82, 2.24) is 14.6 Å². The van der Waals surface area contributed by atoms with Gasteiger partial charge in [0, 0.05) is 44.4 Å². The Morgan fingerprint density at radius 3 is 2.61 bits per heavy atom. The molecule has 2 aliphatic rings. The van der Waals surface area contributed by atoms with Gasteiger partial charge in [-0.1, -0.05) is 0 Å². The SMILES string of the molecule is CCS(=O)(=O)N1CCC(c2c[nH]c3c(C(N)=O)cc(-c4cc(F)cc(CNC[C@H]5CCCO5)c4)cc23)CC1. The average molecular weight is 543 g/mol. The highest BCUT2D eigenvalue weighted by molar-refractivity contribution is 7.89. The lowest BCUT2D eigenvalue weighted by molar-refractivity contribution is 0.100. The molecule has 2 aromatic carbocycles. The van der Waals surface area contributed by atoms with Crippen LogP contribution in [0.25, 0.3) is 22.0 Å². The standard InChI is InChI=1S/C28H35FN4O4S/c1-2-38(35,36)33-7-5-19(6-8-33)26-17-32-27-24(26)13-21(14-25(27)28(30)34)20-10-18(11-22(29)12-20)15-31-16-23-4-3-9-37-23/h10-14,17,19,23,31-32H,2-9,15-16H2,1H3,(H2,30,34)/t23-/m1/s1. The predicted octanol–water partition coefficient (Wildman–Crippen LogP) is 3.87. The summed E-state index contributed by atoms with van der Waals surface area (Å²) >= 11 is 0. The van der Waals surface area contributed by atoms with Gasteiger partial charge in [0.1, 0.15) is 5.82 Å². The second kappa shape index (κ2) is 11.1. The Kier molecular flexibility index (Phi) is 7.85. The maximum atomic E-state index is 14.7. The third kappa shape index (κ3) is 5.63. The summed E-state index contributed by atoms with van der Waals surface area (Å²) in [5, 5.41) is 4.21. The molecule has 2 aliphatic heterocycles. The number of hydrogen-bond donors (Lipinski definition) is 3. The van der Waals surface area contributed by atoms with E-state index in [1.165, 1.54) is 12.1 Å². The van der Waals surface area contributed by atoms with Crippen molar-refractivity contribution in [2.45, 2.75) is 51.2 Å². The first-order chi connectivity index (χ1) is 18.2. The number of amides is 1. The number of nitrogens with zero attached hydrogens (tertiary/aromatic N) is 1. The highest BCUT2D eigenvalue weighted by Crippen LogP contribution is 2.37. The molecule has 8 nitrogen and oxygen atoms in total. The second-order valence-corrected chi connectivity index (χ2v) is 12.5. The van der Waals surface area contributed by atoms with Gasteiger partial charge < -0.3 is 20.8 Å². The molecule has 10 heteroatoms. The lowest BCUT2D eigenvalue weighted by Crippen LogP contribution is -2.38. The number of rotatable bonds is 9. The van der Waals surface area contributed by atoms with E-state index < -0.39 is 15.9 Å². The number of ether oxygens (including phenoxy) is 1. The van der Waals surface area contributed by atoms with Gasteiger partial charge in [0.05, 0.1) is 22.9 Å². The number of primary amides is 1. The number of aromatic amines is 1. The highest BCUT2D eigenvalue weighted by Gasteiger charge is 2.29. The molecule has 38 heavy (non-hydrogen) atoms. The summed E-state index contributed by atoms with van der Waals surface area (Å²) in [6.45, 7) is 4.59. The topological polar surface area (TPSA) is 118 Å². The summed E-state index contributed by atoms with van der Waals surface area (Å²) in [5.74, 6) is -0.691. The van der Waals surface area contributed by atoms with Crippen LogP contribution in [0.4, 0.5) is 4.39 Å². The number of nitrogens with one attached hydrogen (secondary N) is 2. The Hall–Kier alpha value is -2.79. The van der Waals surface area contributed by atoms with E-state index in [0.29, 0.717) is 61.2 Å². The fourth-order valence-electron chi connectivity index (χ4n) is 5.68. The maximum absolute atomic E-state index is 14.7. The number of hydrogen-bond acceptors (Lipinski definition) is 5. The highest BCUT2D eigenvalue weighted by atomic mass is 32.2. The number of sulfonamides is 1. The molecule has 0 saturated carbocycles. The van der Waals surface area contributed by atoms with Gasteiger partial charge in [-0.05, 0) is 91.1 Å². The van der Waals surface area contributed by atoms with Crippen molar-refractivity contribution in [3.05, 3.63) is 59.0 Å². The minimum Gasteiger partial charge on any atom is -0.377 e. The molecule has 2 fully saturated rings. The molecule has 0 aliphatic carbocycles. The molecule has 0 bridgehead atoms. The summed E-state index contributed by atoms with van der Waals surface area (Å²) in [5.41, 5.74) is 9.94. The van der Waals surface area contributed by atoms with Crippen LogP contribution < -0.4 is 11.1 Å². The molecule has 4 N–H and O–H groups in total. The molecule has 0 radical (unpaired) electrons. The van der Waals surface area contributed by atoms with Crippen molar-refractivity contribution in [2.24, 2.45) is 5.73 Å². The zero-order valence-electron chi connectivity index (χ0n) is 21.6. The molecule has 1 atom stereocenters. The molecule has 0 unspecified atom stereocenters. The minimum absolute atomic E-state index is 0.0928. The van der Waals surface area contributed by atoms with Gasteiger partial charge in [0.2, 0.25) is 10.0 Å². The maximum Gasteiger partial charge on any atom is 0.250 e. The lowest BCUT2D eigenvalue weighted by Gasteiger charge is -2.31. The number of carbonyl (C=O) groups is 1. The molecular formula is C28H35FN4O4S. The van der Waals surface area contributed by atoms with Crippen LogP contribution in [0.2, 0.25) is 0 Å². The minimum atomic E-state index is -3.22. The first-order valence-electron chi connectivity index (χ1n) is 13.3. The molecule has 2 saturated heterocycles. The summed E-state index contributed by atoms with van der Waals surface area (Å²) in [6.07, 6.45) is 5.56. The number of aromatic nitrogens is 1. The normalized spacial score (nSPS) is 19.4. The Morgan fingerprint density at radius 1 is 1.16 bits per heavy atom. The number of piperidine rings is 1. The van der Waals surface area contributed by atoms with Crippen LogP contribution in [0, 0.1) is 5.82 Å². The second-order valence-electron chi connectivity index (χ2n) is 10.2. The Balaban J connectivity index is 1.43. The first kappa shape index (κ1) is 26.8. The van der Waals surface area contributed by atoms with E-state index in [1.807, 2.05) is 18.3 Å². The van der Waals surface area contributed by atoms with E-state index >= 15 is 0 Å². The van der Waals surface area contributed by atoms with Crippen LogP contribution in [0.15, 0.2) is 36.5 Å². The number of halogens is 1. The van der Waals surface area contributed by atoms with Gasteiger partial charge >= 0.3 is 0 Å². The van der Waals surface area contributed by atoms with E-state index in [2.05, 4.69) is 10.3 Å². The van der Waals surface area contributed by atoms with E-state index in [0.717, 1.165) is 36.0 Å². The summed E-state index contributed by atoms with van der Waals surface area (Å²) < 4.78 is 46.5.